The largest absolute Gasteiger partial charge is 0.490 e. The summed E-state index contributed by atoms with van der Waals surface area (Å²) in [6.07, 6.45) is 0. The molecule has 1 amide bonds. The van der Waals surface area contributed by atoms with Crippen LogP contribution in [0.3, 0.4) is 0 Å². The molecule has 16 heavy (non-hydrogen) atoms. The molecule has 0 aliphatic carbocycles. The van der Waals surface area contributed by atoms with Crippen LogP contribution in [0.4, 0.5) is 4.39 Å². The average molecular weight is 227 g/mol. The molecule has 88 valence electrons. The fourth-order valence-electron chi connectivity index (χ4n) is 1.06. The van der Waals surface area contributed by atoms with Gasteiger partial charge in [-0.05, 0) is 17.7 Å². The number of benzene rings is 1. The number of aliphatic hydroxyl groups excluding tert-OH is 1. The van der Waals surface area contributed by atoms with Crippen LogP contribution >= 0.6 is 0 Å². The van der Waals surface area contributed by atoms with Gasteiger partial charge in [0.1, 0.15) is 0 Å². The Bertz CT molecular complexity index is 381. The first-order chi connectivity index (χ1) is 7.54. The van der Waals surface area contributed by atoms with E-state index in [1.165, 1.54) is 12.1 Å². The van der Waals surface area contributed by atoms with E-state index in [0.717, 1.165) is 0 Å². The first-order valence-electron chi connectivity index (χ1n) is 4.86. The zero-order chi connectivity index (χ0) is 12.1. The molecule has 0 fully saturated rings. The van der Waals surface area contributed by atoms with Crippen LogP contribution in [-0.2, 0) is 11.4 Å². The number of ether oxygens (including phenoxy) is 1. The molecule has 4 nitrogen and oxygen atoms in total. The molecule has 0 saturated heterocycles. The smallest absolute Gasteiger partial charge is 0.223 e. The summed E-state index contributed by atoms with van der Waals surface area (Å²) in [5, 5.41) is 8.78. The van der Waals surface area contributed by atoms with Crippen molar-refractivity contribution in [3.05, 3.63) is 29.6 Å². The van der Waals surface area contributed by atoms with E-state index < -0.39 is 17.6 Å². The number of nitrogens with two attached hydrogens (primary N) is 1. The molecule has 0 radical (unpaired) electrons. The van der Waals surface area contributed by atoms with Gasteiger partial charge in [0.25, 0.3) is 0 Å². The van der Waals surface area contributed by atoms with E-state index >= 15 is 0 Å². The lowest BCUT2D eigenvalue weighted by Crippen LogP contribution is -2.25. The summed E-state index contributed by atoms with van der Waals surface area (Å²) in [5.74, 6) is -1.49. The molecule has 0 aromatic heterocycles. The first kappa shape index (κ1) is 12.4. The molecule has 0 spiro atoms. The van der Waals surface area contributed by atoms with Crippen molar-refractivity contribution < 1.29 is 19.0 Å². The van der Waals surface area contributed by atoms with E-state index in [-0.39, 0.29) is 19.0 Å². The number of hydrogen-bond acceptors (Lipinski definition) is 3. The van der Waals surface area contributed by atoms with Crippen LogP contribution in [0.15, 0.2) is 18.2 Å². The molecule has 1 atom stereocenters. The van der Waals surface area contributed by atoms with Crippen molar-refractivity contribution in [1.82, 2.24) is 0 Å². The van der Waals surface area contributed by atoms with E-state index in [4.69, 9.17) is 15.6 Å². The maximum atomic E-state index is 13.3. The Balaban J connectivity index is 2.64. The lowest BCUT2D eigenvalue weighted by molar-refractivity contribution is -0.122. The second kappa shape index (κ2) is 5.46. The van der Waals surface area contributed by atoms with Gasteiger partial charge in [-0.25, -0.2) is 4.39 Å². The topological polar surface area (TPSA) is 72.6 Å². The predicted octanol–water partition coefficient (Wildman–Crippen LogP) is 0.818. The number of carbonyl (C=O) groups is 1. The fraction of sp³-hybridized carbons (Fsp3) is 0.364. The minimum Gasteiger partial charge on any atom is -0.490 e. The summed E-state index contributed by atoms with van der Waals surface area (Å²) in [5.41, 5.74) is 5.50. The second-order valence-corrected chi connectivity index (χ2v) is 3.54. The first-order valence-corrected chi connectivity index (χ1v) is 4.86. The maximum Gasteiger partial charge on any atom is 0.223 e. The van der Waals surface area contributed by atoms with Gasteiger partial charge in [-0.1, -0.05) is 13.0 Å². The number of amides is 1. The second-order valence-electron chi connectivity index (χ2n) is 3.54. The Labute approximate surface area is 92.8 Å². The summed E-state index contributed by atoms with van der Waals surface area (Å²) in [6, 6.07) is 4.15. The third-order valence-corrected chi connectivity index (χ3v) is 2.15. The van der Waals surface area contributed by atoms with E-state index in [0.29, 0.717) is 5.56 Å². The molecule has 0 saturated carbocycles. The van der Waals surface area contributed by atoms with Gasteiger partial charge in [-0.3, -0.25) is 4.79 Å². The van der Waals surface area contributed by atoms with Crippen molar-refractivity contribution >= 4 is 5.91 Å². The lowest BCUT2D eigenvalue weighted by Gasteiger charge is -2.11. The third-order valence-electron chi connectivity index (χ3n) is 2.15. The maximum absolute atomic E-state index is 13.3. The monoisotopic (exact) mass is 227 g/mol. The number of primary amides is 1. The average Bonchev–Trinajstić information content (AvgIpc) is 2.26. The molecule has 1 aromatic carbocycles. The highest BCUT2D eigenvalue weighted by Gasteiger charge is 2.11. The molecule has 3 N–H and O–H groups in total. The summed E-state index contributed by atoms with van der Waals surface area (Å²) < 4.78 is 18.4. The van der Waals surface area contributed by atoms with Gasteiger partial charge in [0, 0.05) is 0 Å². The third kappa shape index (κ3) is 3.20. The van der Waals surface area contributed by atoms with Crippen molar-refractivity contribution in [3.63, 3.8) is 0 Å². The molecule has 0 aliphatic rings. The summed E-state index contributed by atoms with van der Waals surface area (Å²) >= 11 is 0. The van der Waals surface area contributed by atoms with Gasteiger partial charge >= 0.3 is 0 Å². The number of rotatable bonds is 5. The van der Waals surface area contributed by atoms with Gasteiger partial charge < -0.3 is 15.6 Å². The zero-order valence-electron chi connectivity index (χ0n) is 8.94. The molecule has 0 aliphatic heterocycles. The predicted molar refractivity (Wildman–Crippen MR) is 56.2 cm³/mol. The standard InChI is InChI=1S/C11H14FNO3/c1-7(11(13)15)6-16-10-3-2-8(5-14)4-9(10)12/h2-4,7,14H,5-6H2,1H3,(H2,13,15). The van der Waals surface area contributed by atoms with Gasteiger partial charge in [0.2, 0.25) is 5.91 Å². The van der Waals surface area contributed by atoms with Gasteiger partial charge in [-0.15, -0.1) is 0 Å². The van der Waals surface area contributed by atoms with Crippen LogP contribution in [0.1, 0.15) is 12.5 Å². The van der Waals surface area contributed by atoms with Crippen molar-refractivity contribution in [2.24, 2.45) is 11.7 Å². The van der Waals surface area contributed by atoms with Crippen molar-refractivity contribution in [2.75, 3.05) is 6.61 Å². The van der Waals surface area contributed by atoms with Crippen LogP contribution in [0.2, 0.25) is 0 Å². The number of halogens is 1. The van der Waals surface area contributed by atoms with Crippen molar-refractivity contribution in [3.8, 4) is 5.75 Å². The molecule has 5 heteroatoms. The normalized spacial score (nSPS) is 12.2. The Morgan fingerprint density at radius 2 is 2.31 bits per heavy atom. The van der Waals surface area contributed by atoms with Crippen molar-refractivity contribution in [2.45, 2.75) is 13.5 Å². The molecule has 1 unspecified atom stereocenters. The van der Waals surface area contributed by atoms with Gasteiger partial charge in [0.05, 0.1) is 19.1 Å². The SMILES string of the molecule is CC(COc1ccc(CO)cc1F)C(N)=O. The van der Waals surface area contributed by atoms with Crippen LogP contribution in [0, 0.1) is 11.7 Å². The van der Waals surface area contributed by atoms with Crippen LogP contribution in [0.5, 0.6) is 5.75 Å². The Morgan fingerprint density at radius 3 is 2.81 bits per heavy atom. The van der Waals surface area contributed by atoms with E-state index in [1.807, 2.05) is 0 Å². The molecule has 0 heterocycles. The molecular formula is C11H14FNO3. The van der Waals surface area contributed by atoms with Crippen molar-refractivity contribution in [1.29, 1.82) is 0 Å². The molecule has 0 bridgehead atoms. The Morgan fingerprint density at radius 1 is 1.62 bits per heavy atom. The highest BCUT2D eigenvalue weighted by molar-refractivity contribution is 5.76. The molecular weight excluding hydrogens is 213 g/mol. The number of carbonyl (C=O) groups excluding carboxylic acids is 1. The van der Waals surface area contributed by atoms with Crippen LogP contribution in [0.25, 0.3) is 0 Å². The van der Waals surface area contributed by atoms with E-state index in [9.17, 15) is 9.18 Å². The Kier molecular flexibility index (Phi) is 4.25. The number of hydrogen-bond donors (Lipinski definition) is 2. The Hall–Kier alpha value is -1.62. The summed E-state index contributed by atoms with van der Waals surface area (Å²) in [6.45, 7) is 1.40. The minimum atomic E-state index is -0.566. The lowest BCUT2D eigenvalue weighted by atomic mass is 10.2. The highest BCUT2D eigenvalue weighted by Crippen LogP contribution is 2.19. The molecule has 1 rings (SSSR count). The van der Waals surface area contributed by atoms with Gasteiger partial charge in [0.15, 0.2) is 11.6 Å². The molecule has 1 aromatic rings. The van der Waals surface area contributed by atoms with Crippen LogP contribution < -0.4 is 10.5 Å². The summed E-state index contributed by atoms with van der Waals surface area (Å²) in [7, 11) is 0. The minimum absolute atomic E-state index is 0.0325. The fourth-order valence-corrected chi connectivity index (χ4v) is 1.06. The highest BCUT2D eigenvalue weighted by atomic mass is 19.1. The zero-order valence-corrected chi connectivity index (χ0v) is 8.94. The van der Waals surface area contributed by atoms with Crippen LogP contribution in [-0.4, -0.2) is 17.6 Å². The van der Waals surface area contributed by atoms with E-state index in [2.05, 4.69) is 0 Å². The summed E-state index contributed by atoms with van der Waals surface area (Å²) in [4.78, 5) is 10.7. The quantitative estimate of drug-likeness (QED) is 0.782. The number of aliphatic hydroxyl groups is 1. The van der Waals surface area contributed by atoms with Gasteiger partial charge in [-0.2, -0.15) is 0 Å². The van der Waals surface area contributed by atoms with E-state index in [1.54, 1.807) is 13.0 Å².